The standard InChI is InChI=1S/C16H27N3O3S2/c1-4-17-14(18-10-15(2,20)13-5-8-23-9-13)19-11-16(6-7-16)12-24(3,21)22/h5,8-9,20H,4,6-7,10-12H2,1-3H3,(H2,17,18,19). The van der Waals surface area contributed by atoms with Crippen LogP contribution in [-0.4, -0.2) is 51.1 Å². The number of guanidine groups is 1. The van der Waals surface area contributed by atoms with E-state index in [0.29, 0.717) is 19.0 Å². The predicted octanol–water partition coefficient (Wildman–Crippen LogP) is 1.34. The Labute approximate surface area is 148 Å². The Hall–Kier alpha value is -1.12. The van der Waals surface area contributed by atoms with Crippen molar-refractivity contribution in [1.29, 1.82) is 0 Å². The zero-order valence-electron chi connectivity index (χ0n) is 14.5. The quantitative estimate of drug-likeness (QED) is 0.472. The SMILES string of the molecule is CCNC(=NCC(C)(O)c1ccsc1)NCC1(CS(C)(=O)=O)CC1. The third-order valence-corrected chi connectivity index (χ3v) is 6.01. The summed E-state index contributed by atoms with van der Waals surface area (Å²) in [5, 5.41) is 20.8. The van der Waals surface area contributed by atoms with Crippen LogP contribution in [0.4, 0.5) is 0 Å². The Kier molecular flexibility index (Phi) is 5.93. The highest BCUT2D eigenvalue weighted by Gasteiger charge is 2.45. The summed E-state index contributed by atoms with van der Waals surface area (Å²) in [6.07, 6.45) is 3.11. The van der Waals surface area contributed by atoms with Crippen LogP contribution in [0, 0.1) is 5.41 Å². The summed E-state index contributed by atoms with van der Waals surface area (Å²) >= 11 is 1.54. The summed E-state index contributed by atoms with van der Waals surface area (Å²) in [5.41, 5.74) is -0.339. The number of nitrogens with one attached hydrogen (secondary N) is 2. The van der Waals surface area contributed by atoms with E-state index in [1.807, 2.05) is 23.8 Å². The van der Waals surface area contributed by atoms with Crippen LogP contribution >= 0.6 is 11.3 Å². The fraction of sp³-hybridized carbons (Fsp3) is 0.688. The van der Waals surface area contributed by atoms with Gasteiger partial charge in [-0.1, -0.05) is 0 Å². The molecule has 24 heavy (non-hydrogen) atoms. The lowest BCUT2D eigenvalue weighted by atomic mass is 10.00. The Morgan fingerprint density at radius 2 is 2.17 bits per heavy atom. The van der Waals surface area contributed by atoms with Crippen molar-refractivity contribution in [2.75, 3.05) is 31.6 Å². The molecule has 1 saturated carbocycles. The van der Waals surface area contributed by atoms with Gasteiger partial charge >= 0.3 is 0 Å². The molecule has 3 N–H and O–H groups in total. The molecule has 1 unspecified atom stereocenters. The van der Waals surface area contributed by atoms with Crippen LogP contribution < -0.4 is 10.6 Å². The molecule has 1 aliphatic rings. The van der Waals surface area contributed by atoms with Crippen LogP contribution in [0.2, 0.25) is 0 Å². The van der Waals surface area contributed by atoms with E-state index in [9.17, 15) is 13.5 Å². The van der Waals surface area contributed by atoms with Crippen LogP contribution in [0.3, 0.4) is 0 Å². The van der Waals surface area contributed by atoms with E-state index in [0.717, 1.165) is 18.4 Å². The highest BCUT2D eigenvalue weighted by Crippen LogP contribution is 2.46. The molecule has 0 radical (unpaired) electrons. The van der Waals surface area contributed by atoms with E-state index in [-0.39, 0.29) is 17.7 Å². The predicted molar refractivity (Wildman–Crippen MR) is 99.2 cm³/mol. The van der Waals surface area contributed by atoms with Gasteiger partial charge in [0.1, 0.15) is 15.4 Å². The van der Waals surface area contributed by atoms with Crippen molar-refractivity contribution < 1.29 is 13.5 Å². The van der Waals surface area contributed by atoms with Crippen molar-refractivity contribution in [3.05, 3.63) is 22.4 Å². The fourth-order valence-corrected chi connectivity index (χ4v) is 4.90. The number of hydrogen-bond acceptors (Lipinski definition) is 5. The van der Waals surface area contributed by atoms with E-state index in [1.165, 1.54) is 6.26 Å². The van der Waals surface area contributed by atoms with Crippen molar-refractivity contribution in [2.24, 2.45) is 10.4 Å². The molecule has 0 amide bonds. The average molecular weight is 374 g/mol. The molecule has 2 rings (SSSR count). The van der Waals surface area contributed by atoms with Crippen LogP contribution in [-0.2, 0) is 15.4 Å². The van der Waals surface area contributed by atoms with Crippen molar-refractivity contribution in [2.45, 2.75) is 32.3 Å². The normalized spacial score (nSPS) is 19.6. The number of aliphatic imine (C=N–C) groups is 1. The molecule has 1 aliphatic carbocycles. The maximum Gasteiger partial charge on any atom is 0.191 e. The highest BCUT2D eigenvalue weighted by molar-refractivity contribution is 7.90. The van der Waals surface area contributed by atoms with E-state index >= 15 is 0 Å². The molecular formula is C16H27N3O3S2. The van der Waals surface area contributed by atoms with Gasteiger partial charge in [0.15, 0.2) is 5.96 Å². The van der Waals surface area contributed by atoms with Crippen molar-refractivity contribution in [3.8, 4) is 0 Å². The monoisotopic (exact) mass is 373 g/mol. The van der Waals surface area contributed by atoms with Crippen LogP contribution in [0.15, 0.2) is 21.8 Å². The lowest BCUT2D eigenvalue weighted by Crippen LogP contribution is -2.42. The van der Waals surface area contributed by atoms with Gasteiger partial charge in [0.2, 0.25) is 0 Å². The zero-order chi connectivity index (χ0) is 17.8. The van der Waals surface area contributed by atoms with Gasteiger partial charge in [-0.15, -0.1) is 0 Å². The third-order valence-electron chi connectivity index (χ3n) is 4.19. The van der Waals surface area contributed by atoms with Crippen molar-refractivity contribution >= 4 is 27.1 Å². The molecule has 1 heterocycles. The minimum atomic E-state index is -2.98. The molecule has 0 bridgehead atoms. The summed E-state index contributed by atoms with van der Waals surface area (Å²) in [4.78, 5) is 4.47. The first-order valence-electron chi connectivity index (χ1n) is 8.11. The van der Waals surface area contributed by atoms with E-state index in [1.54, 1.807) is 18.3 Å². The van der Waals surface area contributed by atoms with E-state index in [2.05, 4.69) is 15.6 Å². The Bertz CT molecular complexity index is 663. The summed E-state index contributed by atoms with van der Waals surface area (Å²) in [6.45, 7) is 5.22. The topological polar surface area (TPSA) is 90.8 Å². The molecule has 0 spiro atoms. The molecular weight excluding hydrogens is 346 g/mol. The van der Waals surface area contributed by atoms with Crippen LogP contribution in [0.1, 0.15) is 32.3 Å². The summed E-state index contributed by atoms with van der Waals surface area (Å²) < 4.78 is 23.1. The number of aliphatic hydroxyl groups is 1. The fourth-order valence-electron chi connectivity index (χ4n) is 2.61. The van der Waals surface area contributed by atoms with Crippen molar-refractivity contribution in [1.82, 2.24) is 10.6 Å². The summed E-state index contributed by atoms with van der Waals surface area (Å²) in [7, 11) is -2.98. The van der Waals surface area contributed by atoms with Gasteiger partial charge in [0.05, 0.1) is 12.3 Å². The lowest BCUT2D eigenvalue weighted by molar-refractivity contribution is 0.0677. The van der Waals surface area contributed by atoms with Gasteiger partial charge in [-0.25, -0.2) is 13.4 Å². The summed E-state index contributed by atoms with van der Waals surface area (Å²) in [6, 6.07) is 1.89. The molecule has 1 fully saturated rings. The maximum absolute atomic E-state index is 11.5. The van der Waals surface area contributed by atoms with Gasteiger partial charge in [0.25, 0.3) is 0 Å². The number of rotatable bonds is 8. The van der Waals surface area contributed by atoms with Crippen LogP contribution in [0.5, 0.6) is 0 Å². The molecule has 1 atom stereocenters. The van der Waals surface area contributed by atoms with Gasteiger partial charge in [0, 0.05) is 24.8 Å². The number of sulfone groups is 1. The first-order chi connectivity index (χ1) is 11.2. The Morgan fingerprint density at radius 3 is 2.67 bits per heavy atom. The third kappa shape index (κ3) is 5.75. The van der Waals surface area contributed by atoms with E-state index in [4.69, 9.17) is 0 Å². The number of thiophene rings is 1. The average Bonchev–Trinajstić information content (AvgIpc) is 3.01. The van der Waals surface area contributed by atoms with Crippen molar-refractivity contribution in [3.63, 3.8) is 0 Å². The second kappa shape index (κ2) is 7.41. The smallest absolute Gasteiger partial charge is 0.191 e. The second-order valence-corrected chi connectivity index (χ2v) is 9.82. The largest absolute Gasteiger partial charge is 0.383 e. The molecule has 0 saturated heterocycles. The Morgan fingerprint density at radius 1 is 1.46 bits per heavy atom. The maximum atomic E-state index is 11.5. The molecule has 0 aromatic carbocycles. The number of hydrogen-bond donors (Lipinski definition) is 3. The first-order valence-corrected chi connectivity index (χ1v) is 11.1. The van der Waals surface area contributed by atoms with Gasteiger partial charge in [-0.2, -0.15) is 11.3 Å². The van der Waals surface area contributed by atoms with Gasteiger partial charge < -0.3 is 15.7 Å². The molecule has 1 aromatic heterocycles. The highest BCUT2D eigenvalue weighted by atomic mass is 32.2. The van der Waals surface area contributed by atoms with E-state index < -0.39 is 15.4 Å². The lowest BCUT2D eigenvalue weighted by Gasteiger charge is -2.22. The molecule has 136 valence electrons. The molecule has 1 aromatic rings. The summed E-state index contributed by atoms with van der Waals surface area (Å²) in [5.74, 6) is 0.812. The minimum absolute atomic E-state index is 0.167. The first kappa shape index (κ1) is 19.2. The molecule has 6 nitrogen and oxygen atoms in total. The van der Waals surface area contributed by atoms with Gasteiger partial charge in [-0.3, -0.25) is 0 Å². The molecule has 8 heteroatoms. The number of nitrogens with zero attached hydrogens (tertiary/aromatic N) is 1. The zero-order valence-corrected chi connectivity index (χ0v) is 16.1. The van der Waals surface area contributed by atoms with Crippen LogP contribution in [0.25, 0.3) is 0 Å². The molecule has 0 aliphatic heterocycles. The minimum Gasteiger partial charge on any atom is -0.383 e. The Balaban J connectivity index is 1.96. The van der Waals surface area contributed by atoms with Gasteiger partial charge in [-0.05, 0) is 49.1 Å². The second-order valence-electron chi connectivity index (χ2n) is 6.90.